The van der Waals surface area contributed by atoms with E-state index in [9.17, 15) is 14.4 Å². The molecule has 2 fully saturated rings. The highest BCUT2D eigenvalue weighted by atomic mass is 16.3. The van der Waals surface area contributed by atoms with Gasteiger partial charge in [-0.15, -0.1) is 0 Å². The third kappa shape index (κ3) is 3.02. The first-order valence-electron chi connectivity index (χ1n) is 8.37. The number of nitrogens with one attached hydrogen (secondary N) is 1. The van der Waals surface area contributed by atoms with Crippen LogP contribution >= 0.6 is 0 Å². The molecule has 1 saturated heterocycles. The number of carbonyl (C=O) groups is 3. The van der Waals surface area contributed by atoms with Crippen molar-refractivity contribution in [1.82, 2.24) is 15.1 Å². The second-order valence-electron chi connectivity index (χ2n) is 6.77. The number of hydrogen-bond donors (Lipinski definition) is 1. The predicted molar refractivity (Wildman–Crippen MR) is 86.1 cm³/mol. The monoisotopic (exact) mass is 333 g/mol. The summed E-state index contributed by atoms with van der Waals surface area (Å²) in [6, 6.07) is 3.33. The maximum Gasteiger partial charge on any atom is 0.289 e. The summed E-state index contributed by atoms with van der Waals surface area (Å²) in [5.74, 6) is -0.127. The predicted octanol–water partition coefficient (Wildman–Crippen LogP) is 0.869. The molecule has 3 rings (SSSR count). The molecule has 1 N–H and O–H groups in total. The first-order chi connectivity index (χ1) is 11.4. The van der Waals surface area contributed by atoms with E-state index in [4.69, 9.17) is 4.42 Å². The highest BCUT2D eigenvalue weighted by molar-refractivity contribution is 6.08. The van der Waals surface area contributed by atoms with Gasteiger partial charge >= 0.3 is 0 Å². The van der Waals surface area contributed by atoms with Crippen LogP contribution in [0.1, 0.15) is 37.2 Å². The highest BCUT2D eigenvalue weighted by Gasteiger charge is 2.58. The van der Waals surface area contributed by atoms with Crippen LogP contribution in [-0.2, 0) is 9.59 Å². The van der Waals surface area contributed by atoms with Crippen LogP contribution in [-0.4, -0.2) is 59.7 Å². The molecule has 2 heterocycles. The molecule has 0 radical (unpaired) electrons. The molecule has 3 amide bonds. The van der Waals surface area contributed by atoms with E-state index in [0.717, 1.165) is 0 Å². The molecule has 0 spiro atoms. The summed E-state index contributed by atoms with van der Waals surface area (Å²) >= 11 is 0. The number of hydrogen-bond acceptors (Lipinski definition) is 4. The number of furan rings is 1. The third-order valence-electron chi connectivity index (χ3n) is 4.60. The average molecular weight is 333 g/mol. The lowest BCUT2D eigenvalue weighted by atomic mass is 10.0. The molecule has 0 atom stereocenters. The third-order valence-corrected chi connectivity index (χ3v) is 4.60. The Morgan fingerprint density at radius 2 is 1.75 bits per heavy atom. The maximum absolute atomic E-state index is 12.8. The fourth-order valence-electron chi connectivity index (χ4n) is 3.03. The Kier molecular flexibility index (Phi) is 4.34. The van der Waals surface area contributed by atoms with Gasteiger partial charge in [0.2, 0.25) is 11.8 Å². The van der Waals surface area contributed by atoms with E-state index in [1.807, 2.05) is 13.8 Å². The highest BCUT2D eigenvalue weighted by Crippen LogP contribution is 2.47. The van der Waals surface area contributed by atoms with E-state index in [1.54, 1.807) is 21.9 Å². The van der Waals surface area contributed by atoms with Gasteiger partial charge in [-0.2, -0.15) is 0 Å². The van der Waals surface area contributed by atoms with E-state index in [2.05, 4.69) is 5.32 Å². The maximum atomic E-state index is 12.8. The zero-order valence-corrected chi connectivity index (χ0v) is 14.1. The van der Waals surface area contributed by atoms with E-state index in [-0.39, 0.29) is 23.8 Å². The van der Waals surface area contributed by atoms with Crippen molar-refractivity contribution in [2.45, 2.75) is 32.7 Å². The molecule has 0 aromatic carbocycles. The van der Waals surface area contributed by atoms with Crippen LogP contribution in [0.5, 0.6) is 0 Å². The summed E-state index contributed by atoms with van der Waals surface area (Å²) in [5.41, 5.74) is -0.878. The smallest absolute Gasteiger partial charge is 0.289 e. The summed E-state index contributed by atoms with van der Waals surface area (Å²) in [6.07, 6.45) is 2.68. The van der Waals surface area contributed by atoms with Gasteiger partial charge in [-0.3, -0.25) is 14.4 Å². The molecule has 2 aliphatic rings. The normalized spacial score (nSPS) is 19.3. The van der Waals surface area contributed by atoms with Gasteiger partial charge < -0.3 is 19.5 Å². The Labute approximate surface area is 141 Å². The van der Waals surface area contributed by atoms with E-state index >= 15 is 0 Å². The molecule has 0 unspecified atom stereocenters. The molecule has 1 saturated carbocycles. The van der Waals surface area contributed by atoms with Gasteiger partial charge in [-0.1, -0.05) is 0 Å². The second-order valence-corrected chi connectivity index (χ2v) is 6.77. The molecule has 1 aliphatic carbocycles. The fraction of sp³-hybridized carbons (Fsp3) is 0.588. The van der Waals surface area contributed by atoms with Crippen molar-refractivity contribution in [1.29, 1.82) is 0 Å². The Hall–Kier alpha value is -2.31. The van der Waals surface area contributed by atoms with Crippen LogP contribution in [0, 0.1) is 5.41 Å². The summed E-state index contributed by atoms with van der Waals surface area (Å²) < 4.78 is 5.13. The standard InChI is InChI=1S/C17H23N3O4/c1-12(2)18-15(22)17(5-6-17)16(23)20-9-7-19(8-10-20)14(21)13-4-3-11-24-13/h3-4,11-12H,5-10H2,1-2H3,(H,18,22). The number of carbonyl (C=O) groups excluding carboxylic acids is 3. The van der Waals surface area contributed by atoms with Crippen molar-refractivity contribution in [2.75, 3.05) is 26.2 Å². The number of nitrogens with zero attached hydrogens (tertiary/aromatic N) is 2. The summed E-state index contributed by atoms with van der Waals surface area (Å²) in [4.78, 5) is 40.7. The van der Waals surface area contributed by atoms with Gasteiger partial charge in [0.05, 0.1) is 6.26 Å². The summed E-state index contributed by atoms with van der Waals surface area (Å²) in [6.45, 7) is 5.57. The Balaban J connectivity index is 1.58. The van der Waals surface area contributed by atoms with Crippen LogP contribution < -0.4 is 5.32 Å². The van der Waals surface area contributed by atoms with Crippen LogP contribution in [0.2, 0.25) is 0 Å². The Bertz CT molecular complexity index is 626. The molecule has 1 aromatic rings. The zero-order chi connectivity index (χ0) is 17.3. The van der Waals surface area contributed by atoms with Gasteiger partial charge in [-0.05, 0) is 38.8 Å². The molecule has 7 nitrogen and oxygen atoms in total. The lowest BCUT2D eigenvalue weighted by Gasteiger charge is -2.36. The summed E-state index contributed by atoms with van der Waals surface area (Å²) in [5, 5.41) is 2.85. The minimum absolute atomic E-state index is 0.0190. The average Bonchev–Trinajstić information content (AvgIpc) is 3.20. The first-order valence-corrected chi connectivity index (χ1v) is 8.37. The molecule has 1 aliphatic heterocycles. The molecule has 1 aromatic heterocycles. The minimum atomic E-state index is -0.878. The van der Waals surface area contributed by atoms with Crippen molar-refractivity contribution >= 4 is 17.7 Å². The number of amides is 3. The number of piperazine rings is 1. The molecule has 24 heavy (non-hydrogen) atoms. The Morgan fingerprint density at radius 3 is 2.25 bits per heavy atom. The van der Waals surface area contributed by atoms with Gasteiger partial charge in [0.1, 0.15) is 5.41 Å². The van der Waals surface area contributed by atoms with E-state index in [1.165, 1.54) is 6.26 Å². The largest absolute Gasteiger partial charge is 0.459 e. The van der Waals surface area contributed by atoms with E-state index in [0.29, 0.717) is 44.8 Å². The minimum Gasteiger partial charge on any atom is -0.459 e. The van der Waals surface area contributed by atoms with Crippen LogP contribution in [0.4, 0.5) is 0 Å². The fourth-order valence-corrected chi connectivity index (χ4v) is 3.03. The van der Waals surface area contributed by atoms with Gasteiger partial charge in [0.25, 0.3) is 5.91 Å². The van der Waals surface area contributed by atoms with Crippen molar-refractivity contribution in [3.8, 4) is 0 Å². The second kappa shape index (κ2) is 6.30. The zero-order valence-electron chi connectivity index (χ0n) is 14.1. The molecule has 130 valence electrons. The van der Waals surface area contributed by atoms with E-state index < -0.39 is 5.41 Å². The van der Waals surface area contributed by atoms with Gasteiger partial charge in [-0.25, -0.2) is 0 Å². The summed E-state index contributed by atoms with van der Waals surface area (Å²) in [7, 11) is 0. The van der Waals surface area contributed by atoms with Gasteiger partial charge in [0, 0.05) is 32.2 Å². The van der Waals surface area contributed by atoms with Crippen LogP contribution in [0.3, 0.4) is 0 Å². The molecular formula is C17H23N3O4. The van der Waals surface area contributed by atoms with Crippen molar-refractivity contribution in [2.24, 2.45) is 5.41 Å². The van der Waals surface area contributed by atoms with Gasteiger partial charge in [0.15, 0.2) is 5.76 Å². The number of rotatable bonds is 4. The van der Waals surface area contributed by atoms with Crippen molar-refractivity contribution in [3.63, 3.8) is 0 Å². The van der Waals surface area contributed by atoms with Crippen molar-refractivity contribution in [3.05, 3.63) is 24.2 Å². The SMILES string of the molecule is CC(C)NC(=O)C1(C(=O)N2CCN(C(=O)c3ccco3)CC2)CC1. The Morgan fingerprint density at radius 1 is 1.12 bits per heavy atom. The molecule has 0 bridgehead atoms. The first kappa shape index (κ1) is 16.5. The van der Waals surface area contributed by atoms with Crippen LogP contribution in [0.25, 0.3) is 0 Å². The quantitative estimate of drug-likeness (QED) is 0.829. The topological polar surface area (TPSA) is 82.9 Å². The molecule has 7 heteroatoms. The lowest BCUT2D eigenvalue weighted by Crippen LogP contribution is -2.54. The lowest BCUT2D eigenvalue weighted by molar-refractivity contribution is -0.145. The van der Waals surface area contributed by atoms with Crippen LogP contribution in [0.15, 0.2) is 22.8 Å². The van der Waals surface area contributed by atoms with Crippen molar-refractivity contribution < 1.29 is 18.8 Å². The molecular weight excluding hydrogens is 310 g/mol.